The lowest BCUT2D eigenvalue weighted by Crippen LogP contribution is -2.32. The summed E-state index contributed by atoms with van der Waals surface area (Å²) in [6, 6.07) is 11.3. The van der Waals surface area contributed by atoms with Gasteiger partial charge in [-0.2, -0.15) is 0 Å². The van der Waals surface area contributed by atoms with Gasteiger partial charge in [-0.1, -0.05) is 11.6 Å². The van der Waals surface area contributed by atoms with Crippen LogP contribution < -0.4 is 16.3 Å². The molecule has 0 fully saturated rings. The van der Waals surface area contributed by atoms with Crippen LogP contribution in [0.4, 0.5) is 5.69 Å². The largest absolute Gasteiger partial charge is 0.343 e. The highest BCUT2D eigenvalue weighted by atomic mass is 35.5. The minimum absolute atomic E-state index is 0.177. The number of amides is 2. The molecule has 2 amide bonds. The third kappa shape index (κ3) is 3.64. The van der Waals surface area contributed by atoms with Crippen LogP contribution in [0.15, 0.2) is 47.3 Å². The minimum Gasteiger partial charge on any atom is -0.343 e. The Bertz CT molecular complexity index is 959. The molecule has 0 saturated heterocycles. The number of H-pyrrole nitrogens is 2. The molecule has 0 aliphatic carbocycles. The van der Waals surface area contributed by atoms with Gasteiger partial charge in [-0.25, -0.2) is 4.79 Å². The van der Waals surface area contributed by atoms with Gasteiger partial charge in [0, 0.05) is 16.3 Å². The molecule has 0 aliphatic rings. The maximum Gasteiger partial charge on any atom is 0.323 e. The number of nitrogens with one attached hydrogen (secondary N) is 4. The number of rotatable bonds is 4. The molecule has 4 N–H and O–H groups in total. The van der Waals surface area contributed by atoms with Crippen molar-refractivity contribution >= 4 is 40.1 Å². The summed E-state index contributed by atoms with van der Waals surface area (Å²) in [7, 11) is 0. The summed E-state index contributed by atoms with van der Waals surface area (Å²) in [6.07, 6.45) is 0. The maximum atomic E-state index is 11.9. The molecule has 3 aromatic rings. The topological polar surface area (TPSA) is 107 Å². The number of benzene rings is 2. The second-order valence-corrected chi connectivity index (χ2v) is 5.51. The van der Waals surface area contributed by atoms with E-state index in [0.717, 1.165) is 0 Å². The van der Waals surface area contributed by atoms with E-state index in [9.17, 15) is 14.4 Å². The Morgan fingerprint density at radius 2 is 1.71 bits per heavy atom. The van der Waals surface area contributed by atoms with Gasteiger partial charge in [0.05, 0.1) is 17.6 Å². The minimum atomic E-state index is -0.380. The summed E-state index contributed by atoms with van der Waals surface area (Å²) in [5, 5.41) is 5.70. The standard InChI is InChI=1S/C16H13ClN4O3/c17-10-3-1-9(2-4-10)15(23)18-8-14(22)19-11-5-6-12-13(7-11)21-16(24)20-12/h1-7H,8H2,(H,18,23)(H,19,22)(H2,20,21,24). The number of anilines is 1. The maximum absolute atomic E-state index is 11.9. The van der Waals surface area contributed by atoms with E-state index in [0.29, 0.717) is 27.3 Å². The van der Waals surface area contributed by atoms with E-state index in [1.807, 2.05) is 0 Å². The molecule has 0 radical (unpaired) electrons. The van der Waals surface area contributed by atoms with Crippen molar-refractivity contribution in [1.82, 2.24) is 15.3 Å². The zero-order valence-corrected chi connectivity index (χ0v) is 13.1. The molecule has 0 unspecified atom stereocenters. The van der Waals surface area contributed by atoms with E-state index in [1.54, 1.807) is 42.5 Å². The monoisotopic (exact) mass is 344 g/mol. The molecule has 0 atom stereocenters. The van der Waals surface area contributed by atoms with E-state index in [4.69, 9.17) is 11.6 Å². The van der Waals surface area contributed by atoms with Gasteiger partial charge in [-0.3, -0.25) is 9.59 Å². The Labute approximate surface area is 141 Å². The van der Waals surface area contributed by atoms with E-state index >= 15 is 0 Å². The molecule has 1 aromatic heterocycles. The van der Waals surface area contributed by atoms with Crippen molar-refractivity contribution in [1.29, 1.82) is 0 Å². The Kier molecular flexibility index (Phi) is 4.35. The number of aromatic nitrogens is 2. The molecule has 2 aromatic carbocycles. The van der Waals surface area contributed by atoms with E-state index in [1.165, 1.54) is 0 Å². The first-order chi connectivity index (χ1) is 11.5. The number of aromatic amines is 2. The van der Waals surface area contributed by atoms with Crippen molar-refractivity contribution < 1.29 is 9.59 Å². The molecule has 1 heterocycles. The summed E-state index contributed by atoms with van der Waals surface area (Å²) in [6.45, 7) is -0.177. The van der Waals surface area contributed by atoms with Gasteiger partial charge >= 0.3 is 5.69 Å². The second-order valence-electron chi connectivity index (χ2n) is 5.08. The predicted octanol–water partition coefficient (Wildman–Crippen LogP) is 1.88. The van der Waals surface area contributed by atoms with Crippen LogP contribution in [-0.2, 0) is 4.79 Å². The number of carbonyl (C=O) groups excluding carboxylic acids is 2. The van der Waals surface area contributed by atoms with Crippen molar-refractivity contribution in [2.75, 3.05) is 11.9 Å². The highest BCUT2D eigenvalue weighted by Crippen LogP contribution is 2.14. The molecular formula is C16H13ClN4O3. The number of imidazole rings is 1. The quantitative estimate of drug-likeness (QED) is 0.580. The Hall–Kier alpha value is -3.06. The molecule has 3 rings (SSSR count). The zero-order valence-electron chi connectivity index (χ0n) is 12.4. The third-order valence-electron chi connectivity index (χ3n) is 3.32. The fraction of sp³-hybridized carbons (Fsp3) is 0.0625. The van der Waals surface area contributed by atoms with Gasteiger partial charge in [-0.05, 0) is 42.5 Å². The zero-order chi connectivity index (χ0) is 17.1. The lowest BCUT2D eigenvalue weighted by atomic mass is 10.2. The van der Waals surface area contributed by atoms with Crippen LogP contribution in [0.1, 0.15) is 10.4 Å². The molecule has 122 valence electrons. The van der Waals surface area contributed by atoms with Crippen LogP contribution in [0.3, 0.4) is 0 Å². The van der Waals surface area contributed by atoms with E-state index < -0.39 is 0 Å². The van der Waals surface area contributed by atoms with Crippen LogP contribution >= 0.6 is 11.6 Å². The lowest BCUT2D eigenvalue weighted by Gasteiger charge is -2.07. The molecule has 8 heteroatoms. The van der Waals surface area contributed by atoms with Crippen molar-refractivity contribution in [2.24, 2.45) is 0 Å². The summed E-state index contributed by atoms with van der Waals surface area (Å²) in [4.78, 5) is 40.2. The summed E-state index contributed by atoms with van der Waals surface area (Å²) in [5.74, 6) is -0.748. The number of fused-ring (bicyclic) bond motifs is 1. The molecule has 0 aliphatic heterocycles. The Morgan fingerprint density at radius 3 is 2.46 bits per heavy atom. The van der Waals surface area contributed by atoms with Gasteiger partial charge < -0.3 is 20.6 Å². The van der Waals surface area contributed by atoms with Crippen LogP contribution in [0.25, 0.3) is 11.0 Å². The predicted molar refractivity (Wildman–Crippen MR) is 91.3 cm³/mol. The van der Waals surface area contributed by atoms with Gasteiger partial charge in [0.25, 0.3) is 5.91 Å². The summed E-state index contributed by atoms with van der Waals surface area (Å²) in [5.41, 5.74) is 1.85. The summed E-state index contributed by atoms with van der Waals surface area (Å²) < 4.78 is 0. The molecule has 24 heavy (non-hydrogen) atoms. The fourth-order valence-corrected chi connectivity index (χ4v) is 2.31. The van der Waals surface area contributed by atoms with Crippen LogP contribution in [0.2, 0.25) is 5.02 Å². The fourth-order valence-electron chi connectivity index (χ4n) is 2.18. The van der Waals surface area contributed by atoms with Gasteiger partial charge in [0.15, 0.2) is 0 Å². The first kappa shape index (κ1) is 15.8. The average molecular weight is 345 g/mol. The van der Waals surface area contributed by atoms with E-state index in [2.05, 4.69) is 20.6 Å². The molecule has 7 nitrogen and oxygen atoms in total. The Morgan fingerprint density at radius 1 is 1.00 bits per heavy atom. The van der Waals surface area contributed by atoms with Crippen LogP contribution in [0.5, 0.6) is 0 Å². The van der Waals surface area contributed by atoms with Gasteiger partial charge in [0.1, 0.15) is 0 Å². The van der Waals surface area contributed by atoms with Crippen molar-refractivity contribution in [3.8, 4) is 0 Å². The summed E-state index contributed by atoms with van der Waals surface area (Å²) >= 11 is 5.76. The first-order valence-corrected chi connectivity index (χ1v) is 7.45. The molecular weight excluding hydrogens is 332 g/mol. The van der Waals surface area contributed by atoms with E-state index in [-0.39, 0.29) is 24.0 Å². The second kappa shape index (κ2) is 6.59. The number of halogens is 1. The van der Waals surface area contributed by atoms with Crippen molar-refractivity contribution in [3.63, 3.8) is 0 Å². The molecule has 0 saturated carbocycles. The van der Waals surface area contributed by atoms with Crippen LogP contribution in [0, 0.1) is 0 Å². The van der Waals surface area contributed by atoms with Crippen molar-refractivity contribution in [2.45, 2.75) is 0 Å². The smallest absolute Gasteiger partial charge is 0.323 e. The Balaban J connectivity index is 1.59. The normalized spacial score (nSPS) is 10.5. The molecule has 0 bridgehead atoms. The number of hydrogen-bond donors (Lipinski definition) is 4. The first-order valence-electron chi connectivity index (χ1n) is 7.07. The van der Waals surface area contributed by atoms with Gasteiger partial charge in [0.2, 0.25) is 5.91 Å². The average Bonchev–Trinajstić information content (AvgIpc) is 2.92. The number of hydrogen-bond acceptors (Lipinski definition) is 3. The highest BCUT2D eigenvalue weighted by Gasteiger charge is 2.09. The number of carbonyl (C=O) groups is 2. The highest BCUT2D eigenvalue weighted by molar-refractivity contribution is 6.30. The van der Waals surface area contributed by atoms with Crippen molar-refractivity contribution in [3.05, 3.63) is 63.5 Å². The van der Waals surface area contributed by atoms with Crippen LogP contribution in [-0.4, -0.2) is 28.3 Å². The SMILES string of the molecule is O=C(CNC(=O)c1ccc(Cl)cc1)Nc1ccc2[nH]c(=O)[nH]c2c1. The lowest BCUT2D eigenvalue weighted by molar-refractivity contribution is -0.115. The van der Waals surface area contributed by atoms with Gasteiger partial charge in [-0.15, -0.1) is 0 Å². The third-order valence-corrected chi connectivity index (χ3v) is 3.57. The molecule has 0 spiro atoms.